The van der Waals surface area contributed by atoms with Crippen molar-refractivity contribution in [1.29, 1.82) is 0 Å². The molecule has 1 nitrogen and oxygen atoms in total. The van der Waals surface area contributed by atoms with Gasteiger partial charge in [-0.05, 0) is 94.3 Å². The van der Waals surface area contributed by atoms with Gasteiger partial charge < -0.3 is 4.90 Å². The van der Waals surface area contributed by atoms with Crippen LogP contribution in [0.25, 0.3) is 22.3 Å². The van der Waals surface area contributed by atoms with Crippen LogP contribution in [-0.4, -0.2) is 0 Å². The molecule has 40 heavy (non-hydrogen) atoms. The smallest absolute Gasteiger partial charge is 0.0462 e. The van der Waals surface area contributed by atoms with Crippen LogP contribution in [0.5, 0.6) is 0 Å². The molecule has 0 fully saturated rings. The quantitative estimate of drug-likeness (QED) is 0.200. The van der Waals surface area contributed by atoms with Crippen molar-refractivity contribution in [3.8, 4) is 22.3 Å². The van der Waals surface area contributed by atoms with E-state index in [0.29, 0.717) is 5.92 Å². The Labute approximate surface area is 245 Å². The predicted octanol–water partition coefficient (Wildman–Crippen LogP) is 11.2. The van der Waals surface area contributed by atoms with Gasteiger partial charge in [0.2, 0.25) is 0 Å². The van der Waals surface area contributed by atoms with Crippen molar-refractivity contribution < 1.29 is 0 Å². The van der Waals surface area contributed by atoms with Crippen LogP contribution in [0.15, 0.2) is 150 Å². The zero-order chi connectivity index (χ0) is 27.1. The summed E-state index contributed by atoms with van der Waals surface area (Å²) in [6, 6.07) is 43.7. The van der Waals surface area contributed by atoms with Crippen molar-refractivity contribution >= 4 is 33.0 Å². The first kappa shape index (κ1) is 24.9. The van der Waals surface area contributed by atoms with E-state index in [4.69, 9.17) is 0 Å². The number of hydrogen-bond acceptors (Lipinski definition) is 1. The SMILES string of the molecule is CC1C=C([C@@H]2c3ccc(-c4ccc(N(c5ccccc5)c5ccccc5)cc4)cc3-c3c(Br)cccc32)C=CC1. The van der Waals surface area contributed by atoms with Crippen molar-refractivity contribution in [1.82, 2.24) is 0 Å². The summed E-state index contributed by atoms with van der Waals surface area (Å²) in [5.74, 6) is 0.854. The Kier molecular flexibility index (Phi) is 6.49. The first-order chi connectivity index (χ1) is 19.7. The Morgan fingerprint density at radius 2 is 1.30 bits per heavy atom. The third kappa shape index (κ3) is 4.43. The number of benzene rings is 5. The summed E-state index contributed by atoms with van der Waals surface area (Å²) in [5.41, 5.74) is 12.7. The van der Waals surface area contributed by atoms with Gasteiger partial charge in [-0.2, -0.15) is 0 Å². The fourth-order valence-electron chi connectivity index (χ4n) is 6.26. The molecule has 2 atom stereocenters. The lowest BCUT2D eigenvalue weighted by molar-refractivity contribution is 0.719. The molecule has 2 heteroatoms. The molecule has 2 aliphatic carbocycles. The number of para-hydroxylation sites is 2. The van der Waals surface area contributed by atoms with E-state index in [1.807, 2.05) is 0 Å². The Balaban J connectivity index is 1.28. The Hall–Kier alpha value is -4.14. The van der Waals surface area contributed by atoms with Gasteiger partial charge in [-0.25, -0.2) is 0 Å². The first-order valence-electron chi connectivity index (χ1n) is 14.0. The van der Waals surface area contributed by atoms with E-state index in [1.54, 1.807) is 0 Å². The molecule has 0 aliphatic heterocycles. The molecule has 2 aliphatic rings. The number of nitrogens with zero attached hydrogens (tertiary/aromatic N) is 1. The Morgan fingerprint density at radius 1 is 0.650 bits per heavy atom. The lowest BCUT2D eigenvalue weighted by Crippen LogP contribution is -2.09. The van der Waals surface area contributed by atoms with Crippen LogP contribution in [0.3, 0.4) is 0 Å². The lowest BCUT2D eigenvalue weighted by Gasteiger charge is -2.25. The maximum absolute atomic E-state index is 3.89. The van der Waals surface area contributed by atoms with Crippen molar-refractivity contribution in [3.05, 3.63) is 161 Å². The van der Waals surface area contributed by atoms with Gasteiger partial charge in [0.25, 0.3) is 0 Å². The fraction of sp³-hybridized carbons (Fsp3) is 0.105. The van der Waals surface area contributed by atoms with Crippen molar-refractivity contribution in [2.24, 2.45) is 5.92 Å². The highest BCUT2D eigenvalue weighted by molar-refractivity contribution is 9.10. The number of hydrogen-bond donors (Lipinski definition) is 0. The largest absolute Gasteiger partial charge is 0.311 e. The topological polar surface area (TPSA) is 3.24 Å². The molecule has 0 spiro atoms. The molecule has 7 rings (SSSR count). The van der Waals surface area contributed by atoms with Crippen molar-refractivity contribution in [2.75, 3.05) is 4.90 Å². The molecular weight excluding hydrogens is 550 g/mol. The second-order valence-electron chi connectivity index (χ2n) is 10.8. The predicted molar refractivity (Wildman–Crippen MR) is 173 cm³/mol. The summed E-state index contributed by atoms with van der Waals surface area (Å²) < 4.78 is 1.16. The zero-order valence-electron chi connectivity index (χ0n) is 22.5. The van der Waals surface area contributed by atoms with Crippen LogP contribution in [0.4, 0.5) is 17.1 Å². The molecule has 0 N–H and O–H groups in total. The van der Waals surface area contributed by atoms with Gasteiger partial charge in [0.1, 0.15) is 0 Å². The number of fused-ring (bicyclic) bond motifs is 3. The van der Waals surface area contributed by atoms with Crippen LogP contribution in [-0.2, 0) is 0 Å². The highest BCUT2D eigenvalue weighted by Gasteiger charge is 2.32. The Morgan fingerprint density at radius 3 is 1.98 bits per heavy atom. The van der Waals surface area contributed by atoms with Gasteiger partial charge in [-0.15, -0.1) is 0 Å². The lowest BCUT2D eigenvalue weighted by atomic mass is 9.84. The van der Waals surface area contributed by atoms with E-state index in [0.717, 1.165) is 28.0 Å². The van der Waals surface area contributed by atoms with E-state index in [-0.39, 0.29) is 5.92 Å². The van der Waals surface area contributed by atoms with E-state index < -0.39 is 0 Å². The maximum Gasteiger partial charge on any atom is 0.0462 e. The summed E-state index contributed by atoms with van der Waals surface area (Å²) in [7, 11) is 0. The van der Waals surface area contributed by atoms with Gasteiger partial charge in [-0.1, -0.05) is 114 Å². The van der Waals surface area contributed by atoms with Gasteiger partial charge >= 0.3 is 0 Å². The summed E-state index contributed by atoms with van der Waals surface area (Å²) in [6.07, 6.45) is 8.25. The number of rotatable bonds is 5. The van der Waals surface area contributed by atoms with E-state index >= 15 is 0 Å². The van der Waals surface area contributed by atoms with Gasteiger partial charge in [0, 0.05) is 33.0 Å². The van der Waals surface area contributed by atoms with Crippen molar-refractivity contribution in [2.45, 2.75) is 19.3 Å². The summed E-state index contributed by atoms with van der Waals surface area (Å²) >= 11 is 3.89. The maximum atomic E-state index is 3.89. The van der Waals surface area contributed by atoms with Gasteiger partial charge in [0.15, 0.2) is 0 Å². The van der Waals surface area contributed by atoms with E-state index in [2.05, 4.69) is 167 Å². The van der Waals surface area contributed by atoms with E-state index in [1.165, 1.54) is 39.0 Å². The highest BCUT2D eigenvalue weighted by atomic mass is 79.9. The standard InChI is InChI=1S/C38H30BrN/c1-26-10-8-11-29(24-26)37-33-23-20-28(25-35(33)38-34(37)16-9-17-36(38)39)27-18-21-32(22-19-27)40(30-12-4-2-5-13-30)31-14-6-3-7-15-31/h2-9,11-26,37H,10H2,1H3/t26?,37-/m1/s1. The minimum atomic E-state index is 0.281. The summed E-state index contributed by atoms with van der Waals surface area (Å²) in [6.45, 7) is 2.31. The molecule has 0 aromatic heterocycles. The van der Waals surface area contributed by atoms with Gasteiger partial charge in [-0.3, -0.25) is 0 Å². The van der Waals surface area contributed by atoms with E-state index in [9.17, 15) is 0 Å². The second kappa shape index (κ2) is 10.4. The van der Waals surface area contributed by atoms with Crippen molar-refractivity contribution in [3.63, 3.8) is 0 Å². The molecule has 1 unspecified atom stereocenters. The number of halogens is 1. The normalized spacial score (nSPS) is 17.2. The minimum absolute atomic E-state index is 0.281. The van der Waals surface area contributed by atoms with Crippen LogP contribution < -0.4 is 4.90 Å². The van der Waals surface area contributed by atoms with Crippen LogP contribution >= 0.6 is 15.9 Å². The summed E-state index contributed by atoms with van der Waals surface area (Å²) in [4.78, 5) is 2.30. The minimum Gasteiger partial charge on any atom is -0.311 e. The Bertz CT molecular complexity index is 1690. The number of allylic oxidation sites excluding steroid dienone is 4. The monoisotopic (exact) mass is 579 g/mol. The van der Waals surface area contributed by atoms with Gasteiger partial charge in [0.05, 0.1) is 0 Å². The highest BCUT2D eigenvalue weighted by Crippen LogP contribution is 2.52. The van der Waals surface area contributed by atoms with Crippen LogP contribution in [0.2, 0.25) is 0 Å². The van der Waals surface area contributed by atoms with Crippen LogP contribution in [0, 0.1) is 5.92 Å². The molecule has 0 bridgehead atoms. The molecule has 0 heterocycles. The average molecular weight is 581 g/mol. The summed E-state index contributed by atoms with van der Waals surface area (Å²) in [5, 5.41) is 0. The average Bonchev–Trinajstić information content (AvgIpc) is 3.34. The molecule has 0 radical (unpaired) electrons. The molecular formula is C38H30BrN. The van der Waals surface area contributed by atoms with Crippen LogP contribution in [0.1, 0.15) is 30.4 Å². The number of anilines is 3. The molecule has 0 saturated heterocycles. The molecule has 5 aromatic carbocycles. The molecule has 0 saturated carbocycles. The third-order valence-corrected chi connectivity index (χ3v) is 8.77. The molecule has 0 amide bonds. The fourth-order valence-corrected chi connectivity index (χ4v) is 6.86. The second-order valence-corrected chi connectivity index (χ2v) is 11.6. The third-order valence-electron chi connectivity index (χ3n) is 8.11. The first-order valence-corrected chi connectivity index (χ1v) is 14.8. The molecule has 5 aromatic rings. The molecule has 194 valence electrons. The zero-order valence-corrected chi connectivity index (χ0v) is 24.1.